The Morgan fingerprint density at radius 3 is 2.44 bits per heavy atom. The number of aromatic amines is 2. The third kappa shape index (κ3) is 2.51. The van der Waals surface area contributed by atoms with Crippen LogP contribution in [-0.4, -0.2) is 21.6 Å². The lowest BCUT2D eigenvalue weighted by molar-refractivity contribution is 0.0982. The highest BCUT2D eigenvalue weighted by Crippen LogP contribution is 2.12. The van der Waals surface area contributed by atoms with Crippen LogP contribution in [0.1, 0.15) is 23.2 Å². The van der Waals surface area contributed by atoms with Gasteiger partial charge in [-0.2, -0.15) is 0 Å². The molecule has 0 spiro atoms. The third-order valence-corrected chi connectivity index (χ3v) is 2.85. The zero-order valence-electron chi connectivity index (χ0n) is 9.46. The molecule has 2 rings (SSSR count). The van der Waals surface area contributed by atoms with Gasteiger partial charge in [0.05, 0.1) is 11.0 Å². The van der Waals surface area contributed by atoms with Gasteiger partial charge < -0.3 is 9.97 Å². The van der Waals surface area contributed by atoms with Crippen molar-refractivity contribution in [1.82, 2.24) is 9.97 Å². The molecular weight excluding hydrogens is 256 g/mol. The van der Waals surface area contributed by atoms with Crippen LogP contribution in [0.25, 0.3) is 11.0 Å². The van der Waals surface area contributed by atoms with Crippen LogP contribution in [0.5, 0.6) is 0 Å². The molecule has 1 aromatic carbocycles. The van der Waals surface area contributed by atoms with Crippen molar-refractivity contribution in [3.8, 4) is 0 Å². The number of nitrogens with one attached hydrogen (secondary N) is 2. The van der Waals surface area contributed by atoms with Gasteiger partial charge in [0.2, 0.25) is 0 Å². The van der Waals surface area contributed by atoms with Crippen molar-refractivity contribution in [2.45, 2.75) is 12.8 Å². The lowest BCUT2D eigenvalue weighted by atomic mass is 10.1. The highest BCUT2D eigenvalue weighted by atomic mass is 35.5. The normalized spacial score (nSPS) is 10.7. The summed E-state index contributed by atoms with van der Waals surface area (Å²) < 4.78 is 0. The quantitative estimate of drug-likeness (QED) is 0.499. The Balaban J connectivity index is 2.44. The second kappa shape index (κ2) is 5.18. The molecule has 6 heteroatoms. The zero-order valence-corrected chi connectivity index (χ0v) is 10.2. The van der Waals surface area contributed by atoms with Gasteiger partial charge in [0.15, 0.2) is 5.78 Å². The minimum Gasteiger partial charge on any atom is -0.316 e. The molecule has 1 heterocycles. The molecule has 2 aromatic rings. The van der Waals surface area contributed by atoms with E-state index < -0.39 is 11.1 Å². The highest BCUT2D eigenvalue weighted by Gasteiger charge is 2.07. The average Bonchev–Trinajstić information content (AvgIpc) is 2.36. The first-order chi connectivity index (χ1) is 8.61. The Bertz CT molecular complexity index is 702. The van der Waals surface area contributed by atoms with E-state index in [-0.39, 0.29) is 5.78 Å². The number of aromatic nitrogens is 2. The lowest BCUT2D eigenvalue weighted by Gasteiger charge is -2.02. The SMILES string of the molecule is O=C(CCCCl)c1ccc2[nH]c(=O)c(=O)[nH]c2c1. The molecule has 0 saturated carbocycles. The van der Waals surface area contributed by atoms with E-state index in [0.717, 1.165) is 0 Å². The summed E-state index contributed by atoms with van der Waals surface area (Å²) in [6, 6.07) is 4.77. The number of alkyl halides is 1. The minimum absolute atomic E-state index is 0.0374. The first-order valence-corrected chi connectivity index (χ1v) is 6.01. The first kappa shape index (κ1) is 12.6. The molecule has 0 bridgehead atoms. The Morgan fingerprint density at radius 1 is 1.11 bits per heavy atom. The van der Waals surface area contributed by atoms with Crippen molar-refractivity contribution in [1.29, 1.82) is 0 Å². The van der Waals surface area contributed by atoms with Crippen molar-refractivity contribution in [2.75, 3.05) is 5.88 Å². The minimum atomic E-state index is -0.729. The first-order valence-electron chi connectivity index (χ1n) is 5.47. The molecule has 2 N–H and O–H groups in total. The molecule has 0 radical (unpaired) electrons. The largest absolute Gasteiger partial charge is 0.316 e. The number of fused-ring (bicyclic) bond motifs is 1. The molecule has 0 aliphatic heterocycles. The summed E-state index contributed by atoms with van der Waals surface area (Å²) in [7, 11) is 0. The Kier molecular flexibility index (Phi) is 3.62. The van der Waals surface area contributed by atoms with E-state index in [1.807, 2.05) is 0 Å². The van der Waals surface area contributed by atoms with Gasteiger partial charge in [-0.1, -0.05) is 0 Å². The number of carbonyl (C=O) groups excluding carboxylic acids is 1. The molecule has 0 atom stereocenters. The molecule has 0 aliphatic rings. The Hall–Kier alpha value is -1.88. The molecule has 5 nitrogen and oxygen atoms in total. The van der Waals surface area contributed by atoms with E-state index in [9.17, 15) is 14.4 Å². The van der Waals surface area contributed by atoms with Crippen LogP contribution >= 0.6 is 11.6 Å². The van der Waals surface area contributed by atoms with E-state index >= 15 is 0 Å². The summed E-state index contributed by atoms with van der Waals surface area (Å²) in [4.78, 5) is 38.9. The summed E-state index contributed by atoms with van der Waals surface area (Å²) in [6.45, 7) is 0. The van der Waals surface area contributed by atoms with Gasteiger partial charge in [0.25, 0.3) is 0 Å². The lowest BCUT2D eigenvalue weighted by Crippen LogP contribution is -2.28. The molecule has 0 saturated heterocycles. The standard InChI is InChI=1S/C12H11ClN2O3/c13-5-1-2-10(16)7-3-4-8-9(6-7)15-12(18)11(17)14-8/h3-4,6H,1-2,5H2,(H,14,17)(H,15,18). The summed E-state index contributed by atoms with van der Waals surface area (Å²) in [5, 5.41) is 0. The number of carbonyl (C=O) groups is 1. The van der Waals surface area contributed by atoms with Gasteiger partial charge in [0.1, 0.15) is 0 Å². The number of ketones is 1. The van der Waals surface area contributed by atoms with Crippen molar-refractivity contribution in [3.05, 3.63) is 44.5 Å². The smallest absolute Gasteiger partial charge is 0.314 e. The molecule has 1 aromatic heterocycles. The van der Waals surface area contributed by atoms with Crippen LogP contribution in [0.4, 0.5) is 0 Å². The summed E-state index contributed by atoms with van der Waals surface area (Å²) >= 11 is 5.53. The van der Waals surface area contributed by atoms with Crippen LogP contribution in [0.15, 0.2) is 27.8 Å². The van der Waals surface area contributed by atoms with Crippen LogP contribution < -0.4 is 11.1 Å². The Morgan fingerprint density at radius 2 is 1.78 bits per heavy atom. The van der Waals surface area contributed by atoms with Crippen molar-refractivity contribution in [2.24, 2.45) is 0 Å². The number of Topliss-reactive ketones (excluding diaryl/α,β-unsaturated/α-hetero) is 1. The topological polar surface area (TPSA) is 82.8 Å². The summed E-state index contributed by atoms with van der Waals surface area (Å²) in [5.41, 5.74) is -0.00305. The molecule has 0 fully saturated rings. The maximum Gasteiger partial charge on any atom is 0.314 e. The second-order valence-corrected chi connectivity index (χ2v) is 4.26. The van der Waals surface area contributed by atoms with E-state index in [2.05, 4.69) is 9.97 Å². The molecule has 0 aliphatic carbocycles. The van der Waals surface area contributed by atoms with Gasteiger partial charge in [-0.05, 0) is 24.6 Å². The second-order valence-electron chi connectivity index (χ2n) is 3.88. The molecule has 18 heavy (non-hydrogen) atoms. The van der Waals surface area contributed by atoms with E-state index in [1.165, 1.54) is 0 Å². The van der Waals surface area contributed by atoms with Crippen LogP contribution in [-0.2, 0) is 0 Å². The molecule has 94 valence electrons. The van der Waals surface area contributed by atoms with E-state index in [0.29, 0.717) is 35.3 Å². The molecule has 0 amide bonds. The van der Waals surface area contributed by atoms with Gasteiger partial charge >= 0.3 is 11.1 Å². The fraction of sp³-hybridized carbons (Fsp3) is 0.250. The zero-order chi connectivity index (χ0) is 13.1. The van der Waals surface area contributed by atoms with Gasteiger partial charge in [0, 0.05) is 17.9 Å². The molecular formula is C12H11ClN2O3. The summed E-state index contributed by atoms with van der Waals surface area (Å²) in [6.07, 6.45) is 0.975. The number of benzene rings is 1. The number of hydrogen-bond donors (Lipinski definition) is 2. The van der Waals surface area contributed by atoms with Crippen molar-refractivity contribution in [3.63, 3.8) is 0 Å². The van der Waals surface area contributed by atoms with Gasteiger partial charge in [-0.15, -0.1) is 11.6 Å². The predicted octanol–water partition coefficient (Wildman–Crippen LogP) is 1.42. The molecule has 0 unspecified atom stereocenters. The van der Waals surface area contributed by atoms with Crippen LogP contribution in [0.2, 0.25) is 0 Å². The predicted molar refractivity (Wildman–Crippen MR) is 69.5 cm³/mol. The van der Waals surface area contributed by atoms with Crippen LogP contribution in [0.3, 0.4) is 0 Å². The Labute approximate surface area is 107 Å². The van der Waals surface area contributed by atoms with Crippen LogP contribution in [0, 0.1) is 0 Å². The maximum absolute atomic E-state index is 11.8. The van der Waals surface area contributed by atoms with Gasteiger partial charge in [-0.25, -0.2) is 0 Å². The number of rotatable bonds is 4. The highest BCUT2D eigenvalue weighted by molar-refractivity contribution is 6.18. The van der Waals surface area contributed by atoms with Crippen molar-refractivity contribution < 1.29 is 4.79 Å². The fourth-order valence-electron chi connectivity index (χ4n) is 1.66. The van der Waals surface area contributed by atoms with Crippen molar-refractivity contribution >= 4 is 28.4 Å². The van der Waals surface area contributed by atoms with E-state index in [4.69, 9.17) is 11.6 Å². The number of H-pyrrole nitrogens is 2. The summed E-state index contributed by atoms with van der Waals surface area (Å²) in [5.74, 6) is 0.397. The number of hydrogen-bond acceptors (Lipinski definition) is 3. The monoisotopic (exact) mass is 266 g/mol. The van der Waals surface area contributed by atoms with E-state index in [1.54, 1.807) is 18.2 Å². The van der Waals surface area contributed by atoms with Gasteiger partial charge in [-0.3, -0.25) is 14.4 Å². The number of halogens is 1. The third-order valence-electron chi connectivity index (χ3n) is 2.58. The fourth-order valence-corrected chi connectivity index (χ4v) is 1.79. The maximum atomic E-state index is 11.8. The average molecular weight is 267 g/mol.